The van der Waals surface area contributed by atoms with E-state index in [0.717, 1.165) is 19.4 Å². The summed E-state index contributed by atoms with van der Waals surface area (Å²) in [5.74, 6) is -0.433. The zero-order chi connectivity index (χ0) is 16.1. The molecule has 5 heteroatoms. The topological polar surface area (TPSA) is 66.8 Å². The number of carbonyl (C=O) groups excluding carboxylic acids is 1. The van der Waals surface area contributed by atoms with E-state index in [0.29, 0.717) is 24.6 Å². The van der Waals surface area contributed by atoms with Crippen LogP contribution < -0.4 is 0 Å². The van der Waals surface area contributed by atoms with Gasteiger partial charge in [-0.25, -0.2) is 4.79 Å². The molecule has 1 saturated heterocycles. The lowest BCUT2D eigenvalue weighted by Crippen LogP contribution is -2.30. The lowest BCUT2D eigenvalue weighted by Gasteiger charge is -2.17. The van der Waals surface area contributed by atoms with Gasteiger partial charge in [0, 0.05) is 25.3 Å². The Kier molecular flexibility index (Phi) is 5.55. The molecule has 1 atom stereocenters. The van der Waals surface area contributed by atoms with Crippen molar-refractivity contribution in [3.63, 3.8) is 0 Å². The van der Waals surface area contributed by atoms with Gasteiger partial charge in [-0.1, -0.05) is 13.8 Å². The molecule has 0 aromatic heterocycles. The standard InChI is InChI=1S/C17H23NO4/c1-12(2)8-10-22-15-7-9-18(11-15)16(19)13-3-5-14(6-4-13)17(20)21/h3-6,12,15H,7-11H2,1-2H3,(H,20,21)/t15-/m1/s1. The molecule has 1 aromatic carbocycles. The van der Waals surface area contributed by atoms with Crippen molar-refractivity contribution in [1.29, 1.82) is 0 Å². The van der Waals surface area contributed by atoms with Gasteiger partial charge in [-0.05, 0) is 43.0 Å². The van der Waals surface area contributed by atoms with Crippen molar-refractivity contribution in [2.24, 2.45) is 5.92 Å². The van der Waals surface area contributed by atoms with Crippen LogP contribution in [0.15, 0.2) is 24.3 Å². The molecule has 1 aromatic rings. The van der Waals surface area contributed by atoms with E-state index in [2.05, 4.69) is 13.8 Å². The van der Waals surface area contributed by atoms with Crippen LogP contribution in [0.5, 0.6) is 0 Å². The van der Waals surface area contributed by atoms with Gasteiger partial charge >= 0.3 is 5.97 Å². The van der Waals surface area contributed by atoms with E-state index < -0.39 is 5.97 Å². The molecule has 1 fully saturated rings. The Bertz CT molecular complexity index is 524. The first-order valence-electron chi connectivity index (χ1n) is 7.71. The van der Waals surface area contributed by atoms with Crippen LogP contribution in [0.25, 0.3) is 0 Å². The number of aromatic carboxylic acids is 1. The van der Waals surface area contributed by atoms with Crippen LogP contribution in [0.2, 0.25) is 0 Å². The summed E-state index contributed by atoms with van der Waals surface area (Å²) in [6.07, 6.45) is 2.00. The van der Waals surface area contributed by atoms with Crippen LogP contribution in [0.1, 0.15) is 47.4 Å². The molecule has 120 valence electrons. The molecule has 1 aliphatic heterocycles. The first kappa shape index (κ1) is 16.5. The Hall–Kier alpha value is -1.88. The minimum atomic E-state index is -0.987. The quantitative estimate of drug-likeness (QED) is 0.877. The summed E-state index contributed by atoms with van der Waals surface area (Å²) in [4.78, 5) is 25.0. The van der Waals surface area contributed by atoms with E-state index in [1.54, 1.807) is 17.0 Å². The van der Waals surface area contributed by atoms with Crippen molar-refractivity contribution in [2.75, 3.05) is 19.7 Å². The Morgan fingerprint density at radius 3 is 2.50 bits per heavy atom. The van der Waals surface area contributed by atoms with Crippen molar-refractivity contribution in [2.45, 2.75) is 32.8 Å². The number of carbonyl (C=O) groups is 2. The molecule has 0 spiro atoms. The summed E-state index contributed by atoms with van der Waals surface area (Å²) in [5.41, 5.74) is 0.709. The number of carboxylic acids is 1. The number of likely N-dealkylation sites (tertiary alicyclic amines) is 1. The first-order chi connectivity index (χ1) is 10.5. The van der Waals surface area contributed by atoms with E-state index in [4.69, 9.17) is 9.84 Å². The zero-order valence-electron chi connectivity index (χ0n) is 13.1. The summed E-state index contributed by atoms with van der Waals surface area (Å²) < 4.78 is 5.81. The Morgan fingerprint density at radius 2 is 1.91 bits per heavy atom. The van der Waals surface area contributed by atoms with Gasteiger partial charge in [-0.15, -0.1) is 0 Å². The average molecular weight is 305 g/mol. The van der Waals surface area contributed by atoms with E-state index >= 15 is 0 Å². The highest BCUT2D eigenvalue weighted by atomic mass is 16.5. The second-order valence-electron chi connectivity index (χ2n) is 6.10. The Balaban J connectivity index is 1.87. The zero-order valence-corrected chi connectivity index (χ0v) is 13.1. The molecular formula is C17H23NO4. The maximum Gasteiger partial charge on any atom is 0.335 e. The third-order valence-electron chi connectivity index (χ3n) is 3.86. The predicted molar refractivity (Wildman–Crippen MR) is 83.1 cm³/mol. The average Bonchev–Trinajstić information content (AvgIpc) is 2.95. The monoisotopic (exact) mass is 305 g/mol. The number of amides is 1. The number of hydrogen-bond acceptors (Lipinski definition) is 3. The van der Waals surface area contributed by atoms with Crippen LogP contribution >= 0.6 is 0 Å². The minimum absolute atomic E-state index is 0.0631. The third-order valence-corrected chi connectivity index (χ3v) is 3.86. The van der Waals surface area contributed by atoms with Crippen LogP contribution in [0.3, 0.4) is 0 Å². The van der Waals surface area contributed by atoms with E-state index in [1.807, 2.05) is 0 Å². The lowest BCUT2D eigenvalue weighted by molar-refractivity contribution is 0.0484. The second kappa shape index (κ2) is 7.40. The van der Waals surface area contributed by atoms with Gasteiger partial charge in [0.1, 0.15) is 0 Å². The molecule has 2 rings (SSSR count). The molecule has 0 aliphatic carbocycles. The van der Waals surface area contributed by atoms with Crippen molar-refractivity contribution >= 4 is 11.9 Å². The first-order valence-corrected chi connectivity index (χ1v) is 7.71. The maximum absolute atomic E-state index is 12.4. The molecular weight excluding hydrogens is 282 g/mol. The summed E-state index contributed by atoms with van der Waals surface area (Å²) in [6, 6.07) is 6.06. The fraction of sp³-hybridized carbons (Fsp3) is 0.529. The molecule has 1 heterocycles. The number of carboxylic acid groups (broad SMARTS) is 1. The van der Waals surface area contributed by atoms with Crippen molar-refractivity contribution in [3.8, 4) is 0 Å². The van der Waals surface area contributed by atoms with Crippen molar-refractivity contribution in [1.82, 2.24) is 4.90 Å². The fourth-order valence-electron chi connectivity index (χ4n) is 2.46. The highest BCUT2D eigenvalue weighted by molar-refractivity contribution is 5.96. The number of ether oxygens (including phenoxy) is 1. The number of rotatable bonds is 6. The molecule has 0 saturated carbocycles. The van der Waals surface area contributed by atoms with Crippen LogP contribution in [0.4, 0.5) is 0 Å². The largest absolute Gasteiger partial charge is 0.478 e. The molecule has 1 aliphatic rings. The lowest BCUT2D eigenvalue weighted by atomic mass is 10.1. The van der Waals surface area contributed by atoms with Crippen LogP contribution in [-0.4, -0.2) is 47.7 Å². The highest BCUT2D eigenvalue weighted by Gasteiger charge is 2.27. The summed E-state index contributed by atoms with van der Waals surface area (Å²) in [7, 11) is 0. The Labute approximate surface area is 130 Å². The van der Waals surface area contributed by atoms with Gasteiger partial charge in [-0.2, -0.15) is 0 Å². The highest BCUT2D eigenvalue weighted by Crippen LogP contribution is 2.17. The van der Waals surface area contributed by atoms with E-state index in [-0.39, 0.29) is 17.6 Å². The number of benzene rings is 1. The van der Waals surface area contributed by atoms with Crippen LogP contribution in [0, 0.1) is 5.92 Å². The molecule has 1 amide bonds. The third kappa shape index (κ3) is 4.31. The minimum Gasteiger partial charge on any atom is -0.478 e. The van der Waals surface area contributed by atoms with Gasteiger partial charge in [0.25, 0.3) is 5.91 Å². The second-order valence-corrected chi connectivity index (χ2v) is 6.10. The van der Waals surface area contributed by atoms with Crippen molar-refractivity contribution < 1.29 is 19.4 Å². The fourth-order valence-corrected chi connectivity index (χ4v) is 2.46. The molecule has 0 radical (unpaired) electrons. The van der Waals surface area contributed by atoms with E-state index in [1.165, 1.54) is 12.1 Å². The normalized spacial score (nSPS) is 18.0. The maximum atomic E-state index is 12.4. The van der Waals surface area contributed by atoms with Gasteiger partial charge in [0.15, 0.2) is 0 Å². The molecule has 0 unspecified atom stereocenters. The molecule has 0 bridgehead atoms. The van der Waals surface area contributed by atoms with Gasteiger partial charge < -0.3 is 14.7 Å². The van der Waals surface area contributed by atoms with Gasteiger partial charge in [-0.3, -0.25) is 4.79 Å². The summed E-state index contributed by atoms with van der Waals surface area (Å²) in [5, 5.41) is 8.87. The SMILES string of the molecule is CC(C)CCO[C@@H]1CCN(C(=O)c2ccc(C(=O)O)cc2)C1. The van der Waals surface area contributed by atoms with Gasteiger partial charge in [0.05, 0.1) is 11.7 Å². The van der Waals surface area contributed by atoms with Gasteiger partial charge in [0.2, 0.25) is 0 Å². The smallest absolute Gasteiger partial charge is 0.335 e. The number of nitrogens with zero attached hydrogens (tertiary/aromatic N) is 1. The molecule has 5 nitrogen and oxygen atoms in total. The molecule has 1 N–H and O–H groups in total. The predicted octanol–water partition coefficient (Wildman–Crippen LogP) is 2.66. The Morgan fingerprint density at radius 1 is 1.27 bits per heavy atom. The molecule has 22 heavy (non-hydrogen) atoms. The van der Waals surface area contributed by atoms with E-state index in [9.17, 15) is 9.59 Å². The summed E-state index contributed by atoms with van der Waals surface area (Å²) in [6.45, 7) is 6.35. The van der Waals surface area contributed by atoms with Crippen LogP contribution in [-0.2, 0) is 4.74 Å². The van der Waals surface area contributed by atoms with Crippen molar-refractivity contribution in [3.05, 3.63) is 35.4 Å². The summed E-state index contributed by atoms with van der Waals surface area (Å²) >= 11 is 0. The number of hydrogen-bond donors (Lipinski definition) is 1.